The minimum absolute atomic E-state index is 0.0566. The van der Waals surface area contributed by atoms with E-state index in [2.05, 4.69) is 0 Å². The number of hydrogen-bond donors (Lipinski definition) is 2. The molecule has 3 N–H and O–H groups in total. The highest BCUT2D eigenvalue weighted by Gasteiger charge is 2.21. The summed E-state index contributed by atoms with van der Waals surface area (Å²) in [5.41, 5.74) is 6.50. The first-order valence-electron chi connectivity index (χ1n) is 5.96. The van der Waals surface area contributed by atoms with Gasteiger partial charge in [0.2, 0.25) is 0 Å². The average molecular weight is 248 g/mol. The zero-order valence-electron chi connectivity index (χ0n) is 10.0. The summed E-state index contributed by atoms with van der Waals surface area (Å²) in [4.78, 5) is 24.6. The Bertz CT molecular complexity index is 448. The Balaban J connectivity index is 2.07. The van der Waals surface area contributed by atoms with Gasteiger partial charge in [-0.2, -0.15) is 0 Å². The summed E-state index contributed by atoms with van der Waals surface area (Å²) in [5, 5.41) is 8.78. The van der Waals surface area contributed by atoms with Gasteiger partial charge in [0.15, 0.2) is 0 Å². The predicted octanol–water partition coefficient (Wildman–Crippen LogP) is 0.948. The summed E-state index contributed by atoms with van der Waals surface area (Å²) in [7, 11) is 0. The van der Waals surface area contributed by atoms with E-state index in [1.807, 2.05) is 0 Å². The fourth-order valence-corrected chi connectivity index (χ4v) is 2.04. The number of piperidine rings is 1. The zero-order chi connectivity index (χ0) is 13.1. The van der Waals surface area contributed by atoms with Gasteiger partial charge in [-0.3, -0.25) is 4.79 Å². The molecule has 1 aliphatic rings. The van der Waals surface area contributed by atoms with E-state index in [0.29, 0.717) is 18.7 Å². The minimum atomic E-state index is -0.988. The number of nitrogens with zero attached hydrogens (tertiary/aromatic N) is 1. The highest BCUT2D eigenvalue weighted by molar-refractivity contribution is 5.95. The molecule has 1 aromatic rings. The second-order valence-corrected chi connectivity index (χ2v) is 4.51. The monoisotopic (exact) mass is 248 g/mol. The van der Waals surface area contributed by atoms with E-state index in [4.69, 9.17) is 10.8 Å². The molecule has 1 fully saturated rings. The summed E-state index contributed by atoms with van der Waals surface area (Å²) in [6, 6.07) is 6.19. The van der Waals surface area contributed by atoms with E-state index in [9.17, 15) is 9.59 Å². The van der Waals surface area contributed by atoms with E-state index in [1.54, 1.807) is 17.0 Å². The van der Waals surface area contributed by atoms with Crippen LogP contribution < -0.4 is 5.73 Å². The van der Waals surface area contributed by atoms with Gasteiger partial charge in [0, 0.05) is 24.7 Å². The van der Waals surface area contributed by atoms with Crippen molar-refractivity contribution in [3.8, 4) is 0 Å². The molecule has 0 aliphatic carbocycles. The second kappa shape index (κ2) is 5.18. The normalized spacial score (nSPS) is 16.6. The molecule has 5 heteroatoms. The van der Waals surface area contributed by atoms with Gasteiger partial charge in [-0.1, -0.05) is 0 Å². The smallest absolute Gasteiger partial charge is 0.335 e. The van der Waals surface area contributed by atoms with Crippen molar-refractivity contribution in [2.75, 3.05) is 13.1 Å². The Hall–Kier alpha value is -1.88. The lowest BCUT2D eigenvalue weighted by molar-refractivity contribution is 0.0689. The van der Waals surface area contributed by atoms with Crippen molar-refractivity contribution >= 4 is 11.9 Å². The molecular weight excluding hydrogens is 232 g/mol. The van der Waals surface area contributed by atoms with Crippen molar-refractivity contribution in [3.63, 3.8) is 0 Å². The molecule has 0 spiro atoms. The Morgan fingerprint density at radius 3 is 2.11 bits per heavy atom. The zero-order valence-corrected chi connectivity index (χ0v) is 10.0. The van der Waals surface area contributed by atoms with Crippen molar-refractivity contribution in [3.05, 3.63) is 35.4 Å². The molecular formula is C13H16N2O3. The first kappa shape index (κ1) is 12.6. The molecule has 0 bridgehead atoms. The van der Waals surface area contributed by atoms with E-state index >= 15 is 0 Å². The van der Waals surface area contributed by atoms with Crippen LogP contribution in [-0.4, -0.2) is 41.0 Å². The molecule has 0 radical (unpaired) electrons. The fourth-order valence-electron chi connectivity index (χ4n) is 2.04. The predicted molar refractivity (Wildman–Crippen MR) is 66.5 cm³/mol. The van der Waals surface area contributed by atoms with E-state index in [0.717, 1.165) is 12.8 Å². The minimum Gasteiger partial charge on any atom is -0.478 e. The second-order valence-electron chi connectivity index (χ2n) is 4.51. The van der Waals surface area contributed by atoms with Gasteiger partial charge in [0.05, 0.1) is 5.56 Å². The van der Waals surface area contributed by atoms with Crippen molar-refractivity contribution in [2.24, 2.45) is 5.73 Å². The number of hydrogen-bond acceptors (Lipinski definition) is 3. The summed E-state index contributed by atoms with van der Waals surface area (Å²) >= 11 is 0. The largest absolute Gasteiger partial charge is 0.478 e. The highest BCUT2D eigenvalue weighted by Crippen LogP contribution is 2.13. The third-order valence-corrected chi connectivity index (χ3v) is 3.21. The maximum atomic E-state index is 12.1. The molecule has 1 heterocycles. The maximum absolute atomic E-state index is 12.1. The lowest BCUT2D eigenvalue weighted by Gasteiger charge is -2.30. The molecule has 1 aliphatic heterocycles. The first-order valence-corrected chi connectivity index (χ1v) is 5.96. The van der Waals surface area contributed by atoms with Crippen LogP contribution >= 0.6 is 0 Å². The van der Waals surface area contributed by atoms with Gasteiger partial charge in [0.1, 0.15) is 0 Å². The van der Waals surface area contributed by atoms with Crippen LogP contribution in [0.5, 0.6) is 0 Å². The molecule has 0 aromatic heterocycles. The number of amides is 1. The molecule has 0 saturated carbocycles. The first-order chi connectivity index (χ1) is 8.58. The lowest BCUT2D eigenvalue weighted by Crippen LogP contribution is -2.42. The van der Waals surface area contributed by atoms with Gasteiger partial charge in [-0.05, 0) is 37.1 Å². The molecule has 1 amide bonds. The molecule has 0 atom stereocenters. The van der Waals surface area contributed by atoms with Crippen molar-refractivity contribution < 1.29 is 14.7 Å². The number of likely N-dealkylation sites (tertiary alicyclic amines) is 1. The number of carbonyl (C=O) groups excluding carboxylic acids is 1. The number of carbonyl (C=O) groups is 2. The Morgan fingerprint density at radius 1 is 1.11 bits per heavy atom. The summed E-state index contributed by atoms with van der Waals surface area (Å²) in [6.45, 7) is 1.33. The van der Waals surface area contributed by atoms with Gasteiger partial charge in [-0.25, -0.2) is 4.79 Å². The van der Waals surface area contributed by atoms with Crippen LogP contribution in [0.2, 0.25) is 0 Å². The fraction of sp³-hybridized carbons (Fsp3) is 0.385. The summed E-state index contributed by atoms with van der Waals surface area (Å²) < 4.78 is 0. The van der Waals surface area contributed by atoms with Crippen LogP contribution in [0, 0.1) is 0 Å². The number of carboxylic acids is 1. The van der Waals surface area contributed by atoms with Crippen LogP contribution in [0.15, 0.2) is 24.3 Å². The van der Waals surface area contributed by atoms with Gasteiger partial charge in [-0.15, -0.1) is 0 Å². The van der Waals surface area contributed by atoms with Crippen LogP contribution in [0.1, 0.15) is 33.6 Å². The number of benzene rings is 1. The summed E-state index contributed by atoms with van der Waals surface area (Å²) in [6.07, 6.45) is 1.64. The Morgan fingerprint density at radius 2 is 1.61 bits per heavy atom. The Labute approximate surface area is 105 Å². The molecule has 96 valence electrons. The standard InChI is InChI=1S/C13H16N2O3/c14-11-5-7-15(8-6-11)12(16)9-1-3-10(4-2-9)13(17)18/h1-4,11H,5-8,14H2,(H,17,18). The Kier molecular flexibility index (Phi) is 3.62. The number of nitrogens with two attached hydrogens (primary N) is 1. The average Bonchev–Trinajstić information content (AvgIpc) is 2.39. The molecule has 5 nitrogen and oxygen atoms in total. The SMILES string of the molecule is NC1CCN(C(=O)c2ccc(C(=O)O)cc2)CC1. The van der Waals surface area contributed by atoms with Crippen LogP contribution in [0.3, 0.4) is 0 Å². The van der Waals surface area contributed by atoms with Crippen LogP contribution in [0.25, 0.3) is 0 Å². The highest BCUT2D eigenvalue weighted by atomic mass is 16.4. The van der Waals surface area contributed by atoms with Gasteiger partial charge < -0.3 is 15.7 Å². The maximum Gasteiger partial charge on any atom is 0.335 e. The van der Waals surface area contributed by atoms with Crippen LogP contribution in [-0.2, 0) is 0 Å². The lowest BCUT2D eigenvalue weighted by atomic mass is 10.0. The van der Waals surface area contributed by atoms with Gasteiger partial charge in [0.25, 0.3) is 5.91 Å². The quantitative estimate of drug-likeness (QED) is 0.816. The molecule has 1 saturated heterocycles. The third kappa shape index (κ3) is 2.68. The van der Waals surface area contributed by atoms with Crippen LogP contribution in [0.4, 0.5) is 0 Å². The van der Waals surface area contributed by atoms with E-state index < -0.39 is 5.97 Å². The molecule has 18 heavy (non-hydrogen) atoms. The number of rotatable bonds is 2. The topological polar surface area (TPSA) is 83.6 Å². The van der Waals surface area contributed by atoms with Crippen molar-refractivity contribution in [1.82, 2.24) is 4.90 Å². The van der Waals surface area contributed by atoms with Crippen molar-refractivity contribution in [1.29, 1.82) is 0 Å². The molecule has 1 aromatic carbocycles. The van der Waals surface area contributed by atoms with E-state index in [-0.39, 0.29) is 17.5 Å². The molecule has 0 unspecified atom stereocenters. The van der Waals surface area contributed by atoms with Gasteiger partial charge >= 0.3 is 5.97 Å². The summed E-state index contributed by atoms with van der Waals surface area (Å²) in [5.74, 6) is -1.04. The molecule has 2 rings (SSSR count). The number of carboxylic acid groups (broad SMARTS) is 1. The number of aromatic carboxylic acids is 1. The third-order valence-electron chi connectivity index (χ3n) is 3.21. The van der Waals surface area contributed by atoms with E-state index in [1.165, 1.54) is 12.1 Å². The van der Waals surface area contributed by atoms with Crippen molar-refractivity contribution in [2.45, 2.75) is 18.9 Å².